The molecule has 0 radical (unpaired) electrons. The van der Waals surface area contributed by atoms with E-state index < -0.39 is 10.1 Å². The quantitative estimate of drug-likeness (QED) is 0.424. The van der Waals surface area contributed by atoms with Gasteiger partial charge in [-0.3, -0.25) is 4.55 Å². The molecule has 0 unspecified atom stereocenters. The van der Waals surface area contributed by atoms with Crippen LogP contribution in [0.2, 0.25) is 0 Å². The van der Waals surface area contributed by atoms with Gasteiger partial charge in [-0.1, -0.05) is 0 Å². The van der Waals surface area contributed by atoms with E-state index in [0.717, 1.165) is 0 Å². The summed E-state index contributed by atoms with van der Waals surface area (Å²) in [5.74, 6) is 0. The Labute approximate surface area is 88.0 Å². The van der Waals surface area contributed by atoms with Crippen molar-refractivity contribution in [2.24, 2.45) is 5.73 Å². The Kier molecular flexibility index (Phi) is 3.51. The SMILES string of the molecule is NCCNc1ccc(N)cc1S(=O)(=O)O. The summed E-state index contributed by atoms with van der Waals surface area (Å²) in [4.78, 5) is -0.240. The maximum atomic E-state index is 11.0. The van der Waals surface area contributed by atoms with Gasteiger partial charge >= 0.3 is 0 Å². The van der Waals surface area contributed by atoms with Crippen LogP contribution < -0.4 is 16.8 Å². The van der Waals surface area contributed by atoms with E-state index in [9.17, 15) is 8.42 Å². The van der Waals surface area contributed by atoms with Crippen LogP contribution in [0, 0.1) is 0 Å². The highest BCUT2D eigenvalue weighted by Gasteiger charge is 2.15. The predicted molar refractivity (Wildman–Crippen MR) is 58.2 cm³/mol. The summed E-state index contributed by atoms with van der Waals surface area (Å²) in [6.45, 7) is 0.766. The van der Waals surface area contributed by atoms with Crippen LogP contribution in [0.15, 0.2) is 23.1 Å². The molecule has 1 aromatic carbocycles. The van der Waals surface area contributed by atoms with Gasteiger partial charge in [-0.05, 0) is 18.2 Å². The second-order valence-electron chi connectivity index (χ2n) is 2.95. The Hall–Kier alpha value is -1.31. The molecule has 0 amide bonds. The molecule has 0 heterocycles. The summed E-state index contributed by atoms with van der Waals surface area (Å²) in [6, 6.07) is 4.20. The minimum atomic E-state index is -4.27. The molecule has 0 aliphatic heterocycles. The lowest BCUT2D eigenvalue weighted by molar-refractivity contribution is 0.483. The summed E-state index contributed by atoms with van der Waals surface area (Å²) >= 11 is 0. The van der Waals surface area contributed by atoms with Gasteiger partial charge in [-0.25, -0.2) is 0 Å². The Morgan fingerprint density at radius 3 is 2.60 bits per heavy atom. The predicted octanol–water partition coefficient (Wildman–Crippen LogP) is -0.114. The van der Waals surface area contributed by atoms with E-state index in [-0.39, 0.29) is 16.3 Å². The average Bonchev–Trinajstić information content (AvgIpc) is 2.14. The fraction of sp³-hybridized carbons (Fsp3) is 0.250. The number of hydrogen-bond donors (Lipinski definition) is 4. The highest BCUT2D eigenvalue weighted by Crippen LogP contribution is 2.23. The average molecular weight is 231 g/mol. The van der Waals surface area contributed by atoms with Crippen LogP contribution in [0.3, 0.4) is 0 Å². The third-order valence-corrected chi connectivity index (χ3v) is 2.64. The van der Waals surface area contributed by atoms with E-state index in [4.69, 9.17) is 16.0 Å². The summed E-state index contributed by atoms with van der Waals surface area (Å²) < 4.78 is 30.9. The van der Waals surface area contributed by atoms with Crippen LogP contribution in [-0.2, 0) is 10.1 Å². The molecule has 7 heteroatoms. The van der Waals surface area contributed by atoms with Crippen LogP contribution >= 0.6 is 0 Å². The van der Waals surface area contributed by atoms with Crippen molar-refractivity contribution in [3.05, 3.63) is 18.2 Å². The van der Waals surface area contributed by atoms with Crippen molar-refractivity contribution in [3.63, 3.8) is 0 Å². The van der Waals surface area contributed by atoms with Gasteiger partial charge in [0.05, 0.1) is 5.69 Å². The molecular formula is C8H13N3O3S. The number of hydrogen-bond acceptors (Lipinski definition) is 5. The fourth-order valence-electron chi connectivity index (χ4n) is 1.11. The second-order valence-corrected chi connectivity index (χ2v) is 4.34. The molecule has 0 aliphatic rings. The first-order valence-corrected chi connectivity index (χ1v) is 5.70. The highest BCUT2D eigenvalue weighted by molar-refractivity contribution is 7.86. The number of nitrogens with two attached hydrogens (primary N) is 2. The van der Waals surface area contributed by atoms with E-state index in [1.807, 2.05) is 0 Å². The maximum absolute atomic E-state index is 11.0. The van der Waals surface area contributed by atoms with E-state index in [0.29, 0.717) is 13.1 Å². The van der Waals surface area contributed by atoms with Crippen LogP contribution in [0.4, 0.5) is 11.4 Å². The van der Waals surface area contributed by atoms with E-state index in [1.54, 1.807) is 0 Å². The first kappa shape index (κ1) is 11.8. The molecule has 15 heavy (non-hydrogen) atoms. The molecule has 0 spiro atoms. The number of anilines is 2. The number of nitrogen functional groups attached to an aromatic ring is 1. The topological polar surface area (TPSA) is 118 Å². The maximum Gasteiger partial charge on any atom is 0.296 e. The normalized spacial score (nSPS) is 11.3. The molecule has 0 fully saturated rings. The van der Waals surface area contributed by atoms with Gasteiger partial charge in [0, 0.05) is 18.8 Å². The molecule has 6 nitrogen and oxygen atoms in total. The molecule has 1 rings (SSSR count). The molecule has 0 saturated carbocycles. The zero-order valence-electron chi connectivity index (χ0n) is 7.97. The van der Waals surface area contributed by atoms with Crippen molar-refractivity contribution in [2.45, 2.75) is 4.90 Å². The van der Waals surface area contributed by atoms with Crippen molar-refractivity contribution in [2.75, 3.05) is 24.1 Å². The third-order valence-electron chi connectivity index (χ3n) is 1.74. The van der Waals surface area contributed by atoms with Gasteiger partial charge in [0.25, 0.3) is 10.1 Å². The summed E-state index contributed by atoms with van der Waals surface area (Å²) in [7, 11) is -4.27. The molecule has 0 saturated heterocycles. The smallest absolute Gasteiger partial charge is 0.296 e. The zero-order valence-corrected chi connectivity index (χ0v) is 8.79. The zero-order chi connectivity index (χ0) is 11.5. The molecular weight excluding hydrogens is 218 g/mol. The standard InChI is InChI=1S/C8H13N3O3S/c9-3-4-11-7-2-1-6(10)5-8(7)15(12,13)14/h1-2,5,11H,3-4,9-10H2,(H,12,13,14). The molecule has 84 valence electrons. The third kappa shape index (κ3) is 3.08. The van der Waals surface area contributed by atoms with Crippen LogP contribution in [-0.4, -0.2) is 26.1 Å². The number of nitrogens with one attached hydrogen (secondary N) is 1. The summed E-state index contributed by atoms with van der Waals surface area (Å²) in [6.07, 6.45) is 0. The van der Waals surface area contributed by atoms with Gasteiger partial charge in [-0.2, -0.15) is 8.42 Å². The Bertz CT molecular complexity index is 444. The Balaban J connectivity index is 3.15. The van der Waals surface area contributed by atoms with Gasteiger partial charge in [0.1, 0.15) is 4.90 Å². The lowest BCUT2D eigenvalue weighted by Gasteiger charge is -2.09. The Morgan fingerprint density at radius 1 is 1.40 bits per heavy atom. The molecule has 1 aromatic rings. The Morgan fingerprint density at radius 2 is 2.07 bits per heavy atom. The van der Waals surface area contributed by atoms with Crippen LogP contribution in [0.25, 0.3) is 0 Å². The molecule has 0 atom stereocenters. The van der Waals surface area contributed by atoms with Crippen molar-refractivity contribution < 1.29 is 13.0 Å². The minimum absolute atomic E-state index is 0.240. The number of rotatable bonds is 4. The molecule has 6 N–H and O–H groups in total. The first-order chi connectivity index (χ1) is 6.95. The van der Waals surface area contributed by atoms with E-state index >= 15 is 0 Å². The highest BCUT2D eigenvalue weighted by atomic mass is 32.2. The summed E-state index contributed by atoms with van der Waals surface area (Å²) in [5, 5.41) is 2.78. The number of benzene rings is 1. The van der Waals surface area contributed by atoms with E-state index in [1.165, 1.54) is 18.2 Å². The van der Waals surface area contributed by atoms with E-state index in [2.05, 4.69) is 5.32 Å². The fourth-order valence-corrected chi connectivity index (χ4v) is 1.81. The van der Waals surface area contributed by atoms with Gasteiger partial charge in [0.15, 0.2) is 0 Å². The minimum Gasteiger partial charge on any atom is -0.399 e. The molecule has 0 aromatic heterocycles. The van der Waals surface area contributed by atoms with Crippen molar-refractivity contribution >= 4 is 21.5 Å². The van der Waals surface area contributed by atoms with Crippen molar-refractivity contribution in [1.29, 1.82) is 0 Å². The van der Waals surface area contributed by atoms with Gasteiger partial charge in [-0.15, -0.1) is 0 Å². The second kappa shape index (κ2) is 4.47. The lowest BCUT2D eigenvalue weighted by atomic mass is 10.3. The van der Waals surface area contributed by atoms with Crippen LogP contribution in [0.5, 0.6) is 0 Å². The van der Waals surface area contributed by atoms with Crippen molar-refractivity contribution in [3.8, 4) is 0 Å². The molecule has 0 bridgehead atoms. The summed E-state index contributed by atoms with van der Waals surface area (Å²) in [5.41, 5.74) is 11.2. The molecule has 0 aliphatic carbocycles. The lowest BCUT2D eigenvalue weighted by Crippen LogP contribution is -2.15. The first-order valence-electron chi connectivity index (χ1n) is 4.26. The monoisotopic (exact) mass is 231 g/mol. The van der Waals surface area contributed by atoms with Crippen molar-refractivity contribution in [1.82, 2.24) is 0 Å². The van der Waals surface area contributed by atoms with Gasteiger partial charge < -0.3 is 16.8 Å². The largest absolute Gasteiger partial charge is 0.399 e. The van der Waals surface area contributed by atoms with Crippen LogP contribution in [0.1, 0.15) is 0 Å². The van der Waals surface area contributed by atoms with Gasteiger partial charge in [0.2, 0.25) is 0 Å².